The summed E-state index contributed by atoms with van der Waals surface area (Å²) < 4.78 is 0.988. The number of thioether (sulfide) groups is 1. The second-order valence-corrected chi connectivity index (χ2v) is 7.20. The summed E-state index contributed by atoms with van der Waals surface area (Å²) in [5.74, 6) is -0.103. The maximum absolute atomic E-state index is 12.2. The molecule has 0 heterocycles. The molecule has 1 unspecified atom stereocenters. The molecule has 0 aliphatic rings. The van der Waals surface area contributed by atoms with E-state index in [2.05, 4.69) is 21.2 Å². The van der Waals surface area contributed by atoms with Crippen LogP contribution < -0.4 is 11.1 Å². The van der Waals surface area contributed by atoms with Crippen molar-refractivity contribution in [3.05, 3.63) is 52.0 Å². The highest BCUT2D eigenvalue weighted by Crippen LogP contribution is 2.28. The van der Waals surface area contributed by atoms with Crippen molar-refractivity contribution >= 4 is 56.6 Å². The summed E-state index contributed by atoms with van der Waals surface area (Å²) in [7, 11) is 0. The van der Waals surface area contributed by atoms with E-state index in [-0.39, 0.29) is 11.2 Å². The smallest absolute Gasteiger partial charge is 0.237 e. The van der Waals surface area contributed by atoms with Gasteiger partial charge in [0.1, 0.15) is 0 Å². The Morgan fingerprint density at radius 2 is 2.10 bits per heavy atom. The van der Waals surface area contributed by atoms with Gasteiger partial charge in [-0.3, -0.25) is 4.79 Å². The molecular weight excluding hydrogens is 372 g/mol. The molecule has 110 valence electrons. The molecule has 0 bridgehead atoms. The van der Waals surface area contributed by atoms with E-state index >= 15 is 0 Å². The molecule has 0 saturated carbocycles. The number of benzene rings is 2. The van der Waals surface area contributed by atoms with Gasteiger partial charge in [0.15, 0.2) is 0 Å². The van der Waals surface area contributed by atoms with Gasteiger partial charge in [-0.2, -0.15) is 0 Å². The molecule has 0 saturated heterocycles. The lowest BCUT2D eigenvalue weighted by molar-refractivity contribution is -0.115. The van der Waals surface area contributed by atoms with Crippen LogP contribution in [-0.2, 0) is 4.79 Å². The highest BCUT2D eigenvalue weighted by molar-refractivity contribution is 9.10. The lowest BCUT2D eigenvalue weighted by Gasteiger charge is -2.13. The van der Waals surface area contributed by atoms with Crippen LogP contribution in [0.1, 0.15) is 6.92 Å². The molecule has 3 nitrogen and oxygen atoms in total. The van der Waals surface area contributed by atoms with Crippen LogP contribution in [0.25, 0.3) is 0 Å². The Morgan fingerprint density at radius 3 is 2.76 bits per heavy atom. The topological polar surface area (TPSA) is 55.1 Å². The first-order valence-electron chi connectivity index (χ1n) is 6.24. The third-order valence-electron chi connectivity index (χ3n) is 2.75. The van der Waals surface area contributed by atoms with Gasteiger partial charge in [-0.1, -0.05) is 33.6 Å². The van der Waals surface area contributed by atoms with Crippen molar-refractivity contribution in [2.75, 3.05) is 11.1 Å². The van der Waals surface area contributed by atoms with E-state index in [1.165, 1.54) is 11.8 Å². The van der Waals surface area contributed by atoms with Crippen LogP contribution in [0.2, 0.25) is 5.02 Å². The molecule has 3 N–H and O–H groups in total. The van der Waals surface area contributed by atoms with E-state index in [4.69, 9.17) is 17.3 Å². The molecule has 0 aliphatic heterocycles. The van der Waals surface area contributed by atoms with Crippen LogP contribution in [0, 0.1) is 0 Å². The molecule has 6 heteroatoms. The Balaban J connectivity index is 2.02. The molecule has 0 spiro atoms. The summed E-state index contributed by atoms with van der Waals surface area (Å²) in [4.78, 5) is 13.2. The summed E-state index contributed by atoms with van der Waals surface area (Å²) in [6.45, 7) is 1.85. The van der Waals surface area contributed by atoms with Gasteiger partial charge in [0.2, 0.25) is 5.91 Å². The molecule has 0 aromatic heterocycles. The molecular formula is C15H14BrClN2OS. The highest BCUT2D eigenvalue weighted by atomic mass is 79.9. The van der Waals surface area contributed by atoms with Crippen LogP contribution in [0.5, 0.6) is 0 Å². The van der Waals surface area contributed by atoms with Crippen LogP contribution in [-0.4, -0.2) is 11.2 Å². The fraction of sp³-hybridized carbons (Fsp3) is 0.133. The third-order valence-corrected chi connectivity index (χ3v) is 4.57. The monoisotopic (exact) mass is 384 g/mol. The second kappa shape index (κ2) is 7.20. The van der Waals surface area contributed by atoms with E-state index in [1.807, 2.05) is 31.2 Å². The molecule has 1 atom stereocenters. The number of carbonyl (C=O) groups is 1. The van der Waals surface area contributed by atoms with Gasteiger partial charge in [-0.15, -0.1) is 11.8 Å². The zero-order valence-corrected chi connectivity index (χ0v) is 14.4. The average Bonchev–Trinajstić information content (AvgIpc) is 2.41. The zero-order valence-electron chi connectivity index (χ0n) is 11.3. The standard InChI is InChI=1S/C15H14BrClN2OS/c1-9(21-12-4-2-3-10(16)7-12)15(20)19-14-6-5-11(17)8-13(14)18/h2-9H,18H2,1H3,(H,19,20). The van der Waals surface area contributed by atoms with Crippen LogP contribution >= 0.6 is 39.3 Å². The number of halogens is 2. The molecule has 0 fully saturated rings. The summed E-state index contributed by atoms with van der Waals surface area (Å²) in [6, 6.07) is 12.8. The second-order valence-electron chi connectivity index (χ2n) is 4.44. The first-order chi connectivity index (χ1) is 9.95. The Bertz CT molecular complexity index is 666. The Labute approximate surface area is 141 Å². The fourth-order valence-corrected chi connectivity index (χ4v) is 3.34. The largest absolute Gasteiger partial charge is 0.397 e. The minimum atomic E-state index is -0.241. The Morgan fingerprint density at radius 1 is 1.33 bits per heavy atom. The number of nitrogens with two attached hydrogens (primary N) is 1. The number of rotatable bonds is 4. The number of hydrogen-bond acceptors (Lipinski definition) is 3. The van der Waals surface area contributed by atoms with Crippen molar-refractivity contribution in [3.63, 3.8) is 0 Å². The molecule has 2 aromatic carbocycles. The summed E-state index contributed by atoms with van der Waals surface area (Å²) in [5.41, 5.74) is 6.86. The van der Waals surface area contributed by atoms with Crippen LogP contribution in [0.3, 0.4) is 0 Å². The Hall–Kier alpha value is -1.17. The lowest BCUT2D eigenvalue weighted by atomic mass is 10.2. The molecule has 0 radical (unpaired) electrons. The number of carbonyl (C=O) groups excluding carboxylic acids is 1. The van der Waals surface area contributed by atoms with Crippen molar-refractivity contribution in [3.8, 4) is 0 Å². The van der Waals surface area contributed by atoms with Crippen molar-refractivity contribution in [1.29, 1.82) is 0 Å². The van der Waals surface area contributed by atoms with Crippen LogP contribution in [0.15, 0.2) is 51.8 Å². The van der Waals surface area contributed by atoms with E-state index in [9.17, 15) is 4.79 Å². The first-order valence-corrected chi connectivity index (χ1v) is 8.29. The van der Waals surface area contributed by atoms with Gasteiger partial charge in [0.25, 0.3) is 0 Å². The van der Waals surface area contributed by atoms with E-state index < -0.39 is 0 Å². The highest BCUT2D eigenvalue weighted by Gasteiger charge is 2.15. The van der Waals surface area contributed by atoms with Crippen molar-refractivity contribution in [2.45, 2.75) is 17.1 Å². The van der Waals surface area contributed by atoms with Gasteiger partial charge in [-0.05, 0) is 43.3 Å². The molecule has 2 aromatic rings. The van der Waals surface area contributed by atoms with Gasteiger partial charge in [-0.25, -0.2) is 0 Å². The summed E-state index contributed by atoms with van der Waals surface area (Å²) in [5, 5.41) is 3.12. The molecule has 21 heavy (non-hydrogen) atoms. The molecule has 2 rings (SSSR count). The lowest BCUT2D eigenvalue weighted by Crippen LogP contribution is -2.22. The van der Waals surface area contributed by atoms with Gasteiger partial charge in [0.05, 0.1) is 16.6 Å². The maximum atomic E-state index is 12.2. The van der Waals surface area contributed by atoms with Crippen molar-refractivity contribution < 1.29 is 4.79 Å². The fourth-order valence-electron chi connectivity index (χ4n) is 1.68. The van der Waals surface area contributed by atoms with Crippen molar-refractivity contribution in [2.24, 2.45) is 0 Å². The number of amides is 1. The zero-order chi connectivity index (χ0) is 15.4. The summed E-state index contributed by atoms with van der Waals surface area (Å²) in [6.07, 6.45) is 0. The Kier molecular flexibility index (Phi) is 5.56. The minimum Gasteiger partial charge on any atom is -0.397 e. The van der Waals surface area contributed by atoms with Crippen LogP contribution in [0.4, 0.5) is 11.4 Å². The van der Waals surface area contributed by atoms with Gasteiger partial charge >= 0.3 is 0 Å². The normalized spacial score (nSPS) is 12.0. The predicted octanol–water partition coefficient (Wildman–Crippen LogP) is 4.80. The molecule has 0 aliphatic carbocycles. The van der Waals surface area contributed by atoms with Crippen molar-refractivity contribution in [1.82, 2.24) is 0 Å². The van der Waals surface area contributed by atoms with E-state index in [1.54, 1.807) is 18.2 Å². The SMILES string of the molecule is CC(Sc1cccc(Br)c1)C(=O)Nc1ccc(Cl)cc1N. The third kappa shape index (κ3) is 4.66. The van der Waals surface area contributed by atoms with E-state index in [0.717, 1.165) is 9.37 Å². The first kappa shape index (κ1) is 16.2. The quantitative estimate of drug-likeness (QED) is 0.587. The maximum Gasteiger partial charge on any atom is 0.237 e. The summed E-state index contributed by atoms with van der Waals surface area (Å²) >= 11 is 10.7. The van der Waals surface area contributed by atoms with Gasteiger partial charge in [0, 0.05) is 14.4 Å². The van der Waals surface area contributed by atoms with Gasteiger partial charge < -0.3 is 11.1 Å². The number of nitrogen functional groups attached to an aromatic ring is 1. The number of hydrogen-bond donors (Lipinski definition) is 2. The van der Waals surface area contributed by atoms with E-state index in [0.29, 0.717) is 16.4 Å². The molecule has 1 amide bonds. The minimum absolute atomic E-state index is 0.103. The predicted molar refractivity (Wildman–Crippen MR) is 94.0 cm³/mol. The number of nitrogens with one attached hydrogen (secondary N) is 1. The number of anilines is 2. The average molecular weight is 386 g/mol.